The van der Waals surface area contributed by atoms with Crippen LogP contribution in [-0.4, -0.2) is 30.6 Å². The Hall–Kier alpha value is -2.06. The van der Waals surface area contributed by atoms with Gasteiger partial charge in [-0.05, 0) is 68.8 Å². The fraction of sp³-hybridized carbons (Fsp3) is 0.500. The van der Waals surface area contributed by atoms with Gasteiger partial charge in [0.15, 0.2) is 0 Å². The van der Waals surface area contributed by atoms with Crippen LogP contribution in [0, 0.1) is 6.92 Å². The number of hydrogen-bond acceptors (Lipinski definition) is 2. The standard InChI is InChI=1S/C28H40N2/c1-22(2)17-19-30(26-15-9-23(3)10-16-26)27-8-7-18-29(21-27)20-24-11-13-25(14-12-24)28(4,5)6/h9-17,27H,7-8,18-21H2,1-6H3. The van der Waals surface area contributed by atoms with Crippen molar-refractivity contribution in [2.75, 3.05) is 24.5 Å². The molecule has 0 spiro atoms. The summed E-state index contributed by atoms with van der Waals surface area (Å²) in [5.74, 6) is 0. The summed E-state index contributed by atoms with van der Waals surface area (Å²) in [5.41, 5.74) is 7.11. The van der Waals surface area contributed by atoms with Crippen LogP contribution in [0.5, 0.6) is 0 Å². The van der Waals surface area contributed by atoms with E-state index in [1.54, 1.807) is 0 Å². The average Bonchev–Trinajstić information content (AvgIpc) is 2.69. The second-order valence-electron chi connectivity index (χ2n) is 10.2. The minimum absolute atomic E-state index is 0.216. The molecule has 1 fully saturated rings. The summed E-state index contributed by atoms with van der Waals surface area (Å²) < 4.78 is 0. The quantitative estimate of drug-likeness (QED) is 0.493. The van der Waals surface area contributed by atoms with Crippen LogP contribution >= 0.6 is 0 Å². The number of rotatable bonds is 6. The van der Waals surface area contributed by atoms with Gasteiger partial charge in [-0.1, -0.05) is 74.4 Å². The molecule has 2 aromatic rings. The third-order valence-corrected chi connectivity index (χ3v) is 6.21. The molecule has 1 atom stereocenters. The van der Waals surface area contributed by atoms with E-state index in [0.29, 0.717) is 6.04 Å². The van der Waals surface area contributed by atoms with Crippen LogP contribution in [0.25, 0.3) is 0 Å². The van der Waals surface area contributed by atoms with Gasteiger partial charge in [-0.3, -0.25) is 4.90 Å². The van der Waals surface area contributed by atoms with Gasteiger partial charge in [0.25, 0.3) is 0 Å². The summed E-state index contributed by atoms with van der Waals surface area (Å²) >= 11 is 0. The number of allylic oxidation sites excluding steroid dienone is 1. The Morgan fingerprint density at radius 1 is 1.03 bits per heavy atom. The molecule has 0 radical (unpaired) electrons. The first kappa shape index (κ1) is 22.6. The molecule has 2 nitrogen and oxygen atoms in total. The van der Waals surface area contributed by atoms with Crippen molar-refractivity contribution in [2.24, 2.45) is 0 Å². The molecular formula is C28H40N2. The monoisotopic (exact) mass is 404 g/mol. The lowest BCUT2D eigenvalue weighted by molar-refractivity contribution is 0.197. The zero-order valence-electron chi connectivity index (χ0n) is 19.9. The Bertz CT molecular complexity index is 820. The molecule has 1 aliphatic rings. The number of piperidine rings is 1. The van der Waals surface area contributed by atoms with Crippen LogP contribution in [0.1, 0.15) is 64.2 Å². The Labute approximate surface area is 184 Å². The molecule has 1 unspecified atom stereocenters. The molecular weight excluding hydrogens is 364 g/mol. The Kier molecular flexibility index (Phi) is 7.41. The van der Waals surface area contributed by atoms with Gasteiger partial charge in [0, 0.05) is 31.4 Å². The lowest BCUT2D eigenvalue weighted by Gasteiger charge is -2.40. The van der Waals surface area contributed by atoms with Gasteiger partial charge in [0.1, 0.15) is 0 Å². The van der Waals surface area contributed by atoms with E-state index in [1.807, 2.05) is 0 Å². The maximum Gasteiger partial charge on any atom is 0.0421 e. The minimum Gasteiger partial charge on any atom is -0.364 e. The molecule has 162 valence electrons. The van der Waals surface area contributed by atoms with Gasteiger partial charge in [-0.15, -0.1) is 0 Å². The first-order valence-corrected chi connectivity index (χ1v) is 11.5. The van der Waals surface area contributed by atoms with E-state index in [-0.39, 0.29) is 5.41 Å². The zero-order chi connectivity index (χ0) is 21.7. The third kappa shape index (κ3) is 6.22. The molecule has 0 bridgehead atoms. The van der Waals surface area contributed by atoms with Crippen molar-refractivity contribution in [3.8, 4) is 0 Å². The normalized spacial score (nSPS) is 17.6. The van der Waals surface area contributed by atoms with Crippen LogP contribution in [0.15, 0.2) is 60.2 Å². The summed E-state index contributed by atoms with van der Waals surface area (Å²) in [7, 11) is 0. The van der Waals surface area contributed by atoms with Gasteiger partial charge < -0.3 is 4.90 Å². The Balaban J connectivity index is 1.71. The molecule has 3 rings (SSSR count). The highest BCUT2D eigenvalue weighted by Crippen LogP contribution is 2.26. The van der Waals surface area contributed by atoms with Crippen molar-refractivity contribution in [3.05, 3.63) is 76.9 Å². The van der Waals surface area contributed by atoms with Crippen molar-refractivity contribution in [1.82, 2.24) is 4.90 Å². The smallest absolute Gasteiger partial charge is 0.0421 e. The Morgan fingerprint density at radius 2 is 1.70 bits per heavy atom. The van der Waals surface area contributed by atoms with Crippen LogP contribution in [0.4, 0.5) is 5.69 Å². The maximum atomic E-state index is 2.64. The second kappa shape index (κ2) is 9.83. The summed E-state index contributed by atoms with van der Waals surface area (Å²) in [4.78, 5) is 5.26. The van der Waals surface area contributed by atoms with Crippen molar-refractivity contribution in [3.63, 3.8) is 0 Å². The minimum atomic E-state index is 0.216. The number of likely N-dealkylation sites (tertiary alicyclic amines) is 1. The number of nitrogens with zero attached hydrogens (tertiary/aromatic N) is 2. The van der Waals surface area contributed by atoms with Crippen molar-refractivity contribution in [1.29, 1.82) is 0 Å². The van der Waals surface area contributed by atoms with E-state index >= 15 is 0 Å². The largest absolute Gasteiger partial charge is 0.364 e. The lowest BCUT2D eigenvalue weighted by atomic mass is 9.86. The van der Waals surface area contributed by atoms with Gasteiger partial charge in [-0.25, -0.2) is 0 Å². The van der Waals surface area contributed by atoms with Crippen molar-refractivity contribution < 1.29 is 0 Å². The second-order valence-corrected chi connectivity index (χ2v) is 10.2. The SMILES string of the molecule is CC(C)=CCN(c1ccc(C)cc1)C1CCCN(Cc2ccc(C(C)(C)C)cc2)C1. The molecule has 0 aromatic heterocycles. The molecule has 1 aliphatic heterocycles. The number of aryl methyl sites for hydroxylation is 1. The average molecular weight is 405 g/mol. The van der Waals surface area contributed by atoms with Gasteiger partial charge in [0.2, 0.25) is 0 Å². The van der Waals surface area contributed by atoms with E-state index in [4.69, 9.17) is 0 Å². The molecule has 1 heterocycles. The van der Waals surface area contributed by atoms with E-state index in [2.05, 4.69) is 106 Å². The predicted octanol–water partition coefficient (Wildman–Crippen LogP) is 6.73. The first-order chi connectivity index (χ1) is 14.2. The van der Waals surface area contributed by atoms with E-state index in [1.165, 1.54) is 47.3 Å². The van der Waals surface area contributed by atoms with Gasteiger partial charge in [-0.2, -0.15) is 0 Å². The summed E-state index contributed by atoms with van der Waals surface area (Å²) in [6.07, 6.45) is 4.90. The summed E-state index contributed by atoms with van der Waals surface area (Å²) in [6.45, 7) is 17.8. The molecule has 0 aliphatic carbocycles. The van der Waals surface area contributed by atoms with E-state index in [9.17, 15) is 0 Å². The lowest BCUT2D eigenvalue weighted by Crippen LogP contribution is -2.48. The highest BCUT2D eigenvalue weighted by molar-refractivity contribution is 5.49. The Morgan fingerprint density at radius 3 is 2.30 bits per heavy atom. The van der Waals surface area contributed by atoms with E-state index < -0.39 is 0 Å². The van der Waals surface area contributed by atoms with Gasteiger partial charge in [0.05, 0.1) is 0 Å². The highest BCUT2D eigenvalue weighted by Gasteiger charge is 2.25. The maximum absolute atomic E-state index is 2.64. The summed E-state index contributed by atoms with van der Waals surface area (Å²) in [5, 5.41) is 0. The topological polar surface area (TPSA) is 6.48 Å². The highest BCUT2D eigenvalue weighted by atomic mass is 15.2. The zero-order valence-corrected chi connectivity index (χ0v) is 19.9. The fourth-order valence-corrected chi connectivity index (χ4v) is 4.28. The third-order valence-electron chi connectivity index (χ3n) is 6.21. The summed E-state index contributed by atoms with van der Waals surface area (Å²) in [6, 6.07) is 18.9. The van der Waals surface area contributed by atoms with Crippen LogP contribution < -0.4 is 4.90 Å². The molecule has 0 amide bonds. The number of anilines is 1. The number of hydrogen-bond donors (Lipinski definition) is 0. The van der Waals surface area contributed by atoms with Gasteiger partial charge >= 0.3 is 0 Å². The molecule has 2 heteroatoms. The first-order valence-electron chi connectivity index (χ1n) is 11.5. The van der Waals surface area contributed by atoms with Crippen LogP contribution in [-0.2, 0) is 12.0 Å². The van der Waals surface area contributed by atoms with Crippen molar-refractivity contribution in [2.45, 2.75) is 72.4 Å². The number of benzene rings is 2. The predicted molar refractivity (Wildman–Crippen MR) is 131 cm³/mol. The van der Waals surface area contributed by atoms with Crippen molar-refractivity contribution >= 4 is 5.69 Å². The fourth-order valence-electron chi connectivity index (χ4n) is 4.28. The molecule has 2 aromatic carbocycles. The molecule has 0 saturated carbocycles. The van der Waals surface area contributed by atoms with Crippen LogP contribution in [0.2, 0.25) is 0 Å². The molecule has 1 saturated heterocycles. The van der Waals surface area contributed by atoms with E-state index in [0.717, 1.165) is 19.6 Å². The molecule has 0 N–H and O–H groups in total. The van der Waals surface area contributed by atoms with Crippen LogP contribution in [0.3, 0.4) is 0 Å². The molecule has 30 heavy (non-hydrogen) atoms.